The van der Waals surface area contributed by atoms with Gasteiger partial charge in [-0.25, -0.2) is 0 Å². The molecule has 0 rings (SSSR count). The third-order valence-electron chi connectivity index (χ3n) is 2.51. The molecule has 0 aliphatic rings. The Labute approximate surface area is 87.6 Å². The van der Waals surface area contributed by atoms with Crippen LogP contribution in [0.2, 0.25) is 0 Å². The molecule has 2 N–H and O–H groups in total. The summed E-state index contributed by atoms with van der Waals surface area (Å²) >= 11 is 0. The van der Waals surface area contributed by atoms with E-state index in [0.717, 1.165) is 32.5 Å². The van der Waals surface area contributed by atoms with Gasteiger partial charge >= 0.3 is 0 Å². The summed E-state index contributed by atoms with van der Waals surface area (Å²) in [5.74, 6) is 0.380. The second kappa shape index (κ2) is 9.16. The molecule has 0 amide bonds. The summed E-state index contributed by atoms with van der Waals surface area (Å²) in [7, 11) is 0. The number of carbonyl (C=O) groups excluding carboxylic acids is 1. The molecule has 0 aliphatic carbocycles. The van der Waals surface area contributed by atoms with E-state index in [9.17, 15) is 4.79 Å². The molecule has 0 unspecified atom stereocenters. The lowest BCUT2D eigenvalue weighted by Gasteiger charge is -2.16. The van der Waals surface area contributed by atoms with Crippen LogP contribution in [0, 0.1) is 0 Å². The Bertz CT molecular complexity index is 144. The predicted octanol–water partition coefficient (Wildman–Crippen LogP) is 1.42. The van der Waals surface area contributed by atoms with Gasteiger partial charge in [0.25, 0.3) is 0 Å². The molecule has 3 nitrogen and oxygen atoms in total. The first kappa shape index (κ1) is 13.6. The molecule has 3 heteroatoms. The number of rotatable bonds is 9. The molecule has 14 heavy (non-hydrogen) atoms. The number of nitrogens with two attached hydrogens (primary N) is 1. The molecule has 0 saturated carbocycles. The zero-order chi connectivity index (χ0) is 10.8. The van der Waals surface area contributed by atoms with Crippen molar-refractivity contribution in [2.24, 2.45) is 5.73 Å². The van der Waals surface area contributed by atoms with Gasteiger partial charge in [-0.15, -0.1) is 0 Å². The van der Waals surface area contributed by atoms with Crippen molar-refractivity contribution < 1.29 is 4.79 Å². The van der Waals surface area contributed by atoms with Gasteiger partial charge in [-0.05, 0) is 32.5 Å². The fraction of sp³-hybridized carbons (Fsp3) is 0.909. The minimum Gasteiger partial charge on any atom is -0.330 e. The molecular formula is C11H24N2O. The van der Waals surface area contributed by atoms with Crippen molar-refractivity contribution in [2.45, 2.75) is 39.5 Å². The summed E-state index contributed by atoms with van der Waals surface area (Å²) in [6.45, 7) is 7.93. The first-order valence-electron chi connectivity index (χ1n) is 5.68. The monoisotopic (exact) mass is 200 g/mol. The molecule has 0 spiro atoms. The summed E-state index contributed by atoms with van der Waals surface area (Å²) < 4.78 is 0. The number of ketones is 1. The smallest absolute Gasteiger partial charge is 0.134 e. The summed E-state index contributed by atoms with van der Waals surface area (Å²) in [5, 5.41) is 0. The topological polar surface area (TPSA) is 46.3 Å². The molecule has 0 saturated heterocycles. The molecule has 0 radical (unpaired) electrons. The number of unbranched alkanes of at least 4 members (excludes halogenated alkanes) is 1. The van der Waals surface area contributed by atoms with Crippen molar-refractivity contribution >= 4 is 5.78 Å². The minimum absolute atomic E-state index is 0.380. The Morgan fingerprint density at radius 3 is 2.29 bits per heavy atom. The van der Waals surface area contributed by atoms with E-state index in [1.807, 2.05) is 0 Å². The van der Waals surface area contributed by atoms with E-state index in [0.29, 0.717) is 25.2 Å². The summed E-state index contributed by atoms with van der Waals surface area (Å²) in [6, 6.07) is 0. The van der Waals surface area contributed by atoms with Crippen molar-refractivity contribution in [3.63, 3.8) is 0 Å². The lowest BCUT2D eigenvalue weighted by Crippen LogP contribution is -2.25. The number of hydrogen-bond donors (Lipinski definition) is 1. The Morgan fingerprint density at radius 2 is 1.79 bits per heavy atom. The first-order chi connectivity index (χ1) is 6.74. The Morgan fingerprint density at radius 1 is 1.14 bits per heavy atom. The van der Waals surface area contributed by atoms with Gasteiger partial charge in [0.2, 0.25) is 0 Å². The molecule has 0 bridgehead atoms. The second-order valence-electron chi connectivity index (χ2n) is 3.56. The maximum atomic E-state index is 11.4. The Kier molecular flexibility index (Phi) is 8.89. The van der Waals surface area contributed by atoms with Gasteiger partial charge < -0.3 is 10.6 Å². The Balaban J connectivity index is 3.42. The van der Waals surface area contributed by atoms with E-state index >= 15 is 0 Å². The molecule has 0 atom stereocenters. The highest BCUT2D eigenvalue weighted by Gasteiger charge is 2.04. The average molecular weight is 200 g/mol. The summed E-state index contributed by atoms with van der Waals surface area (Å²) in [6.07, 6.45) is 3.33. The molecule has 0 aromatic carbocycles. The fourth-order valence-electron chi connectivity index (χ4n) is 1.41. The highest BCUT2D eigenvalue weighted by Crippen LogP contribution is 2.00. The van der Waals surface area contributed by atoms with Crippen LogP contribution in [0.25, 0.3) is 0 Å². The van der Waals surface area contributed by atoms with Crippen molar-refractivity contribution in [3.05, 3.63) is 0 Å². The summed E-state index contributed by atoms with van der Waals surface area (Å²) in [5.41, 5.74) is 5.36. The van der Waals surface area contributed by atoms with Crippen LogP contribution in [0.4, 0.5) is 0 Å². The lowest BCUT2D eigenvalue weighted by molar-refractivity contribution is -0.119. The zero-order valence-electron chi connectivity index (χ0n) is 9.59. The Hall–Kier alpha value is -0.410. The van der Waals surface area contributed by atoms with Crippen molar-refractivity contribution in [2.75, 3.05) is 26.2 Å². The maximum absolute atomic E-state index is 11.4. The predicted molar refractivity (Wildman–Crippen MR) is 60.3 cm³/mol. The molecule has 84 valence electrons. The largest absolute Gasteiger partial charge is 0.330 e. The first-order valence-corrected chi connectivity index (χ1v) is 5.68. The molecule has 0 heterocycles. The second-order valence-corrected chi connectivity index (χ2v) is 3.56. The molecule has 0 aromatic rings. The van der Waals surface area contributed by atoms with Crippen LogP contribution in [-0.4, -0.2) is 36.9 Å². The lowest BCUT2D eigenvalue weighted by atomic mass is 10.1. The maximum Gasteiger partial charge on any atom is 0.134 e. The average Bonchev–Trinajstić information content (AvgIpc) is 2.20. The van der Waals surface area contributed by atoms with Gasteiger partial charge in [0.05, 0.1) is 0 Å². The van der Waals surface area contributed by atoms with Crippen LogP contribution >= 0.6 is 0 Å². The van der Waals surface area contributed by atoms with Crippen LogP contribution in [-0.2, 0) is 4.79 Å². The minimum atomic E-state index is 0.380. The van der Waals surface area contributed by atoms with Crippen LogP contribution in [0.15, 0.2) is 0 Å². The van der Waals surface area contributed by atoms with Crippen LogP contribution in [0.3, 0.4) is 0 Å². The van der Waals surface area contributed by atoms with Gasteiger partial charge in [0.15, 0.2) is 0 Å². The highest BCUT2D eigenvalue weighted by atomic mass is 16.1. The van der Waals surface area contributed by atoms with Gasteiger partial charge in [-0.1, -0.05) is 13.8 Å². The van der Waals surface area contributed by atoms with Crippen molar-refractivity contribution in [3.8, 4) is 0 Å². The third-order valence-corrected chi connectivity index (χ3v) is 2.51. The number of carbonyl (C=O) groups is 1. The third kappa shape index (κ3) is 7.04. The molecule has 0 fully saturated rings. The van der Waals surface area contributed by atoms with E-state index in [4.69, 9.17) is 5.73 Å². The van der Waals surface area contributed by atoms with E-state index in [-0.39, 0.29) is 0 Å². The van der Waals surface area contributed by atoms with E-state index < -0.39 is 0 Å². The normalized spacial score (nSPS) is 10.9. The standard InChI is InChI=1S/C11H24N2O/c1-3-13(4-2)10-8-11(14)7-5-6-9-12/h3-10,12H2,1-2H3. The van der Waals surface area contributed by atoms with E-state index in [1.165, 1.54) is 0 Å². The van der Waals surface area contributed by atoms with Gasteiger partial charge in [-0.2, -0.15) is 0 Å². The van der Waals surface area contributed by atoms with E-state index in [1.54, 1.807) is 0 Å². The zero-order valence-corrected chi connectivity index (χ0v) is 9.59. The van der Waals surface area contributed by atoms with Gasteiger partial charge in [0.1, 0.15) is 5.78 Å². The van der Waals surface area contributed by atoms with E-state index in [2.05, 4.69) is 18.7 Å². The number of nitrogens with zero attached hydrogens (tertiary/aromatic N) is 1. The number of hydrogen-bond acceptors (Lipinski definition) is 3. The van der Waals surface area contributed by atoms with Crippen LogP contribution in [0.1, 0.15) is 39.5 Å². The SMILES string of the molecule is CCN(CC)CCC(=O)CCCCN. The van der Waals surface area contributed by atoms with Crippen molar-refractivity contribution in [1.29, 1.82) is 0 Å². The highest BCUT2D eigenvalue weighted by molar-refractivity contribution is 5.78. The van der Waals surface area contributed by atoms with Gasteiger partial charge in [0, 0.05) is 19.4 Å². The molecule has 0 aliphatic heterocycles. The van der Waals surface area contributed by atoms with Crippen LogP contribution in [0.5, 0.6) is 0 Å². The fourth-order valence-corrected chi connectivity index (χ4v) is 1.41. The summed E-state index contributed by atoms with van der Waals surface area (Å²) in [4.78, 5) is 13.7. The molecule has 0 aromatic heterocycles. The quantitative estimate of drug-likeness (QED) is 0.573. The van der Waals surface area contributed by atoms with Crippen LogP contribution < -0.4 is 5.73 Å². The number of Topliss-reactive ketones (excluding diaryl/α,β-unsaturated/α-hetero) is 1. The molecular weight excluding hydrogens is 176 g/mol. The van der Waals surface area contributed by atoms with Crippen molar-refractivity contribution in [1.82, 2.24) is 4.90 Å². The van der Waals surface area contributed by atoms with Gasteiger partial charge in [-0.3, -0.25) is 4.79 Å².